The molecular formula is C15H16OSi. The first-order valence-electron chi connectivity index (χ1n) is 5.98. The molecule has 0 fully saturated rings. The molecule has 0 atom stereocenters. The number of hydrogen-bond donors (Lipinski definition) is 0. The zero-order valence-corrected chi connectivity index (χ0v) is 11.4. The zero-order chi connectivity index (χ0) is 12.0. The average molecular weight is 240 g/mol. The smallest absolute Gasteiger partial charge is 0.135 e. The largest absolute Gasteiger partial charge is 0.456 e. The molecule has 0 saturated heterocycles. The fourth-order valence-corrected chi connectivity index (χ4v) is 3.80. The number of furan rings is 1. The highest BCUT2D eigenvalue weighted by molar-refractivity contribution is 6.90. The number of rotatable bonds is 1. The number of hydrogen-bond acceptors (Lipinski definition) is 1. The highest BCUT2D eigenvalue weighted by atomic mass is 28.3. The average Bonchev–Trinajstić information content (AvgIpc) is 2.65. The van der Waals surface area contributed by atoms with Crippen molar-refractivity contribution in [1.82, 2.24) is 0 Å². The molecule has 1 heterocycles. The highest BCUT2D eigenvalue weighted by Gasteiger charge is 2.21. The highest BCUT2D eigenvalue weighted by Crippen LogP contribution is 2.28. The van der Waals surface area contributed by atoms with Crippen LogP contribution in [0, 0.1) is 0 Å². The predicted octanol–water partition coefficient (Wildman–Crippen LogP) is 4.13. The van der Waals surface area contributed by atoms with Gasteiger partial charge in [0.25, 0.3) is 0 Å². The Bertz CT molecular complexity index is 689. The van der Waals surface area contributed by atoms with E-state index in [1.54, 1.807) is 0 Å². The van der Waals surface area contributed by atoms with Crippen LogP contribution in [0.5, 0.6) is 0 Å². The Morgan fingerprint density at radius 3 is 2.29 bits per heavy atom. The predicted molar refractivity (Wildman–Crippen MR) is 76.7 cm³/mol. The van der Waals surface area contributed by atoms with Crippen molar-refractivity contribution in [2.75, 3.05) is 0 Å². The molecule has 0 radical (unpaired) electrons. The summed E-state index contributed by atoms with van der Waals surface area (Å²) in [6, 6.07) is 14.8. The molecule has 0 spiro atoms. The first kappa shape index (κ1) is 10.6. The molecular weight excluding hydrogens is 224 g/mol. The quantitative estimate of drug-likeness (QED) is 0.583. The second-order valence-corrected chi connectivity index (χ2v) is 10.6. The standard InChI is InChI=1S/C15H16OSi/c1-17(2,3)14-10-6-8-12-11-7-4-5-9-13(11)16-15(12)14/h4-10H,1-3H3. The second kappa shape index (κ2) is 3.47. The van der Waals surface area contributed by atoms with Gasteiger partial charge in [0.1, 0.15) is 11.2 Å². The Morgan fingerprint density at radius 2 is 1.53 bits per heavy atom. The summed E-state index contributed by atoms with van der Waals surface area (Å²) in [4.78, 5) is 0. The molecule has 0 aliphatic heterocycles. The molecule has 2 heteroatoms. The van der Waals surface area contributed by atoms with E-state index >= 15 is 0 Å². The molecule has 3 aromatic rings. The molecule has 0 amide bonds. The molecule has 1 aromatic heterocycles. The summed E-state index contributed by atoms with van der Waals surface area (Å²) in [5.41, 5.74) is 2.08. The molecule has 2 aromatic carbocycles. The lowest BCUT2D eigenvalue weighted by Gasteiger charge is -2.16. The first-order valence-corrected chi connectivity index (χ1v) is 9.48. The Balaban J connectivity index is 2.48. The van der Waals surface area contributed by atoms with Crippen molar-refractivity contribution < 1.29 is 4.42 Å². The second-order valence-electron chi connectivity index (χ2n) is 5.53. The number of fused-ring (bicyclic) bond motifs is 3. The summed E-state index contributed by atoms with van der Waals surface area (Å²) in [5.74, 6) is 0. The van der Waals surface area contributed by atoms with Crippen LogP contribution < -0.4 is 5.19 Å². The third kappa shape index (κ3) is 1.60. The summed E-state index contributed by atoms with van der Waals surface area (Å²) >= 11 is 0. The first-order chi connectivity index (χ1) is 8.07. The van der Waals surface area contributed by atoms with E-state index in [2.05, 4.69) is 50.0 Å². The topological polar surface area (TPSA) is 13.1 Å². The van der Waals surface area contributed by atoms with Gasteiger partial charge in [0.2, 0.25) is 0 Å². The Morgan fingerprint density at radius 1 is 0.824 bits per heavy atom. The summed E-state index contributed by atoms with van der Waals surface area (Å²) in [6.45, 7) is 7.07. The van der Waals surface area contributed by atoms with Gasteiger partial charge in [-0.25, -0.2) is 0 Å². The van der Waals surface area contributed by atoms with Crippen LogP contribution in [-0.4, -0.2) is 8.07 Å². The number of benzene rings is 2. The minimum atomic E-state index is -1.35. The van der Waals surface area contributed by atoms with Gasteiger partial charge in [0, 0.05) is 10.8 Å². The van der Waals surface area contributed by atoms with Crippen LogP contribution in [0.1, 0.15) is 0 Å². The summed E-state index contributed by atoms with van der Waals surface area (Å²) < 4.78 is 6.04. The van der Waals surface area contributed by atoms with Crippen LogP contribution in [0.4, 0.5) is 0 Å². The van der Waals surface area contributed by atoms with Crippen molar-refractivity contribution >= 4 is 35.2 Å². The van der Waals surface area contributed by atoms with Crippen molar-refractivity contribution in [2.45, 2.75) is 19.6 Å². The van der Waals surface area contributed by atoms with Gasteiger partial charge in [-0.05, 0) is 11.3 Å². The summed E-state index contributed by atoms with van der Waals surface area (Å²) in [7, 11) is -1.35. The van der Waals surface area contributed by atoms with Gasteiger partial charge < -0.3 is 4.42 Å². The monoisotopic (exact) mass is 240 g/mol. The SMILES string of the molecule is C[Si](C)(C)c1cccc2c1oc1ccccc12. The van der Waals surface area contributed by atoms with Crippen LogP contribution in [-0.2, 0) is 0 Å². The third-order valence-corrected chi connectivity index (χ3v) is 5.22. The molecule has 0 aliphatic rings. The molecule has 0 unspecified atom stereocenters. The lowest BCUT2D eigenvalue weighted by molar-refractivity contribution is 0.671. The molecule has 0 N–H and O–H groups in total. The molecule has 0 saturated carbocycles. The fourth-order valence-electron chi connectivity index (χ4n) is 2.34. The van der Waals surface area contributed by atoms with Crippen molar-refractivity contribution in [3.05, 3.63) is 42.5 Å². The van der Waals surface area contributed by atoms with Crippen molar-refractivity contribution in [3.8, 4) is 0 Å². The van der Waals surface area contributed by atoms with Crippen molar-refractivity contribution in [3.63, 3.8) is 0 Å². The summed E-state index contributed by atoms with van der Waals surface area (Å²) in [5, 5.41) is 3.88. The molecule has 1 nitrogen and oxygen atoms in total. The lowest BCUT2D eigenvalue weighted by Crippen LogP contribution is -2.37. The van der Waals surface area contributed by atoms with E-state index in [1.165, 1.54) is 16.0 Å². The Labute approximate surface area is 102 Å². The summed E-state index contributed by atoms with van der Waals surface area (Å²) in [6.07, 6.45) is 0. The van der Waals surface area contributed by atoms with E-state index in [9.17, 15) is 0 Å². The molecule has 0 bridgehead atoms. The van der Waals surface area contributed by atoms with Crippen LogP contribution >= 0.6 is 0 Å². The van der Waals surface area contributed by atoms with E-state index in [-0.39, 0.29) is 0 Å². The maximum atomic E-state index is 6.04. The van der Waals surface area contributed by atoms with Gasteiger partial charge in [-0.1, -0.05) is 56.0 Å². The van der Waals surface area contributed by atoms with Gasteiger partial charge in [-0.15, -0.1) is 0 Å². The van der Waals surface area contributed by atoms with Crippen molar-refractivity contribution in [1.29, 1.82) is 0 Å². The zero-order valence-electron chi connectivity index (χ0n) is 10.4. The van der Waals surface area contributed by atoms with E-state index in [0.717, 1.165) is 11.2 Å². The van der Waals surface area contributed by atoms with Crippen LogP contribution in [0.25, 0.3) is 21.9 Å². The minimum Gasteiger partial charge on any atom is -0.456 e. The molecule has 0 aliphatic carbocycles. The maximum absolute atomic E-state index is 6.04. The van der Waals surface area contributed by atoms with E-state index in [1.807, 2.05) is 12.1 Å². The van der Waals surface area contributed by atoms with E-state index < -0.39 is 8.07 Å². The minimum absolute atomic E-state index is 0.994. The van der Waals surface area contributed by atoms with Crippen LogP contribution in [0.3, 0.4) is 0 Å². The van der Waals surface area contributed by atoms with Crippen LogP contribution in [0.15, 0.2) is 46.9 Å². The van der Waals surface area contributed by atoms with E-state index in [0.29, 0.717) is 0 Å². The Kier molecular flexibility index (Phi) is 2.17. The fraction of sp³-hybridized carbons (Fsp3) is 0.200. The van der Waals surface area contributed by atoms with Gasteiger partial charge >= 0.3 is 0 Å². The lowest BCUT2D eigenvalue weighted by atomic mass is 10.1. The van der Waals surface area contributed by atoms with Gasteiger partial charge in [-0.2, -0.15) is 0 Å². The van der Waals surface area contributed by atoms with Crippen molar-refractivity contribution in [2.24, 2.45) is 0 Å². The van der Waals surface area contributed by atoms with Gasteiger partial charge in [0.05, 0.1) is 8.07 Å². The molecule has 3 rings (SSSR count). The Hall–Kier alpha value is -1.54. The van der Waals surface area contributed by atoms with Crippen LogP contribution in [0.2, 0.25) is 19.6 Å². The molecule has 86 valence electrons. The van der Waals surface area contributed by atoms with Gasteiger partial charge in [-0.3, -0.25) is 0 Å². The molecule has 17 heavy (non-hydrogen) atoms. The number of para-hydroxylation sites is 2. The normalized spacial score (nSPS) is 12.4. The van der Waals surface area contributed by atoms with Gasteiger partial charge in [0.15, 0.2) is 0 Å². The maximum Gasteiger partial charge on any atom is 0.135 e. The van der Waals surface area contributed by atoms with E-state index in [4.69, 9.17) is 4.42 Å². The third-order valence-electron chi connectivity index (χ3n) is 3.21.